The number of anilines is 1. The Morgan fingerprint density at radius 3 is 2.81 bits per heavy atom. The molecule has 1 aromatic carbocycles. The van der Waals surface area contributed by atoms with Crippen molar-refractivity contribution in [1.82, 2.24) is 4.90 Å². The maximum atomic E-state index is 13.3. The Hall–Kier alpha value is -1.76. The smallest absolute Gasteiger partial charge is 0.338 e. The first-order valence-corrected chi connectivity index (χ1v) is 7.67. The van der Waals surface area contributed by atoms with E-state index in [1.54, 1.807) is 4.90 Å². The third-order valence-electron chi connectivity index (χ3n) is 3.59. The first-order valence-electron chi connectivity index (χ1n) is 6.62. The quantitative estimate of drug-likeness (QED) is 0.881. The largest absolute Gasteiger partial charge is 0.478 e. The number of benzene rings is 1. The number of thioether (sulfide) groups is 1. The molecule has 2 atom stereocenters. The monoisotopic (exact) mass is 312 g/mol. The van der Waals surface area contributed by atoms with Gasteiger partial charge in [-0.25, -0.2) is 14.0 Å². The molecule has 0 radical (unpaired) electrons. The lowest BCUT2D eigenvalue weighted by molar-refractivity contribution is 0.0692. The topological polar surface area (TPSA) is 69.6 Å². The highest BCUT2D eigenvalue weighted by atomic mass is 32.2. The van der Waals surface area contributed by atoms with Gasteiger partial charge in [-0.1, -0.05) is 6.92 Å². The molecule has 1 aliphatic heterocycles. The standard InChI is InChI=1S/C14H17FN2O3S/c1-8-9(2)21-6-5-17(8)14(20)16-10-3-4-12(15)11(7-10)13(18)19/h3-4,7-9H,5-6H2,1-2H3,(H,16,20)(H,18,19). The van der Waals surface area contributed by atoms with E-state index in [4.69, 9.17) is 5.11 Å². The molecule has 1 saturated heterocycles. The van der Waals surface area contributed by atoms with Crippen LogP contribution >= 0.6 is 11.8 Å². The van der Waals surface area contributed by atoms with Gasteiger partial charge in [0, 0.05) is 29.3 Å². The van der Waals surface area contributed by atoms with Crippen LogP contribution in [0.1, 0.15) is 24.2 Å². The number of aromatic carboxylic acids is 1. The molecule has 21 heavy (non-hydrogen) atoms. The lowest BCUT2D eigenvalue weighted by Crippen LogP contribution is -2.49. The summed E-state index contributed by atoms with van der Waals surface area (Å²) >= 11 is 1.81. The van der Waals surface area contributed by atoms with E-state index < -0.39 is 17.3 Å². The molecule has 0 saturated carbocycles. The number of carboxylic acids is 1. The van der Waals surface area contributed by atoms with E-state index in [9.17, 15) is 14.0 Å². The van der Waals surface area contributed by atoms with Crippen LogP contribution in [0.25, 0.3) is 0 Å². The summed E-state index contributed by atoms with van der Waals surface area (Å²) in [5.74, 6) is -1.32. The van der Waals surface area contributed by atoms with Gasteiger partial charge in [0.05, 0.1) is 5.56 Å². The number of carbonyl (C=O) groups is 2. The van der Waals surface area contributed by atoms with Gasteiger partial charge in [-0.2, -0.15) is 11.8 Å². The number of halogens is 1. The van der Waals surface area contributed by atoms with E-state index in [-0.39, 0.29) is 17.8 Å². The van der Waals surface area contributed by atoms with Crippen LogP contribution < -0.4 is 5.32 Å². The predicted octanol–water partition coefficient (Wildman–Crippen LogP) is 2.88. The summed E-state index contributed by atoms with van der Waals surface area (Å²) in [5.41, 5.74) is -0.180. The molecule has 2 rings (SSSR count). The van der Waals surface area contributed by atoms with Gasteiger partial charge in [0.25, 0.3) is 0 Å². The molecular formula is C14H17FN2O3S. The Bertz CT molecular complexity index is 567. The lowest BCUT2D eigenvalue weighted by atomic mass is 10.2. The number of rotatable bonds is 2. The maximum absolute atomic E-state index is 13.3. The zero-order chi connectivity index (χ0) is 15.6. The fourth-order valence-corrected chi connectivity index (χ4v) is 3.28. The second-order valence-corrected chi connectivity index (χ2v) is 6.42. The van der Waals surface area contributed by atoms with Crippen LogP contribution in [0.2, 0.25) is 0 Å². The second-order valence-electron chi connectivity index (χ2n) is 4.94. The molecule has 1 aliphatic rings. The number of nitrogens with zero attached hydrogens (tertiary/aromatic N) is 1. The molecule has 1 heterocycles. The summed E-state index contributed by atoms with van der Waals surface area (Å²) in [4.78, 5) is 24.9. The Kier molecular flexibility index (Phi) is 4.72. The number of carboxylic acid groups (broad SMARTS) is 1. The number of nitrogens with one attached hydrogen (secondary N) is 1. The van der Waals surface area contributed by atoms with Crippen molar-refractivity contribution in [2.45, 2.75) is 25.1 Å². The van der Waals surface area contributed by atoms with Gasteiger partial charge in [0.15, 0.2) is 0 Å². The fraction of sp³-hybridized carbons (Fsp3) is 0.429. The van der Waals surface area contributed by atoms with Crippen molar-refractivity contribution < 1.29 is 19.1 Å². The van der Waals surface area contributed by atoms with Crippen LogP contribution in [0.3, 0.4) is 0 Å². The van der Waals surface area contributed by atoms with Crippen LogP contribution in [-0.4, -0.2) is 45.6 Å². The van der Waals surface area contributed by atoms with Gasteiger partial charge in [0.2, 0.25) is 0 Å². The van der Waals surface area contributed by atoms with Crippen LogP contribution in [0.5, 0.6) is 0 Å². The van der Waals surface area contributed by atoms with Gasteiger partial charge in [0.1, 0.15) is 5.82 Å². The molecule has 7 heteroatoms. The number of urea groups is 1. The van der Waals surface area contributed by atoms with Crippen LogP contribution in [0.15, 0.2) is 18.2 Å². The Balaban J connectivity index is 2.12. The first kappa shape index (κ1) is 15.6. The Morgan fingerprint density at radius 2 is 2.14 bits per heavy atom. The van der Waals surface area contributed by atoms with Crippen molar-refractivity contribution in [1.29, 1.82) is 0 Å². The zero-order valence-electron chi connectivity index (χ0n) is 11.8. The highest BCUT2D eigenvalue weighted by Gasteiger charge is 2.29. The normalized spacial score (nSPS) is 22.0. The molecule has 114 valence electrons. The van der Waals surface area contributed by atoms with Gasteiger partial charge >= 0.3 is 12.0 Å². The minimum Gasteiger partial charge on any atom is -0.478 e. The van der Waals surface area contributed by atoms with E-state index in [1.807, 2.05) is 18.7 Å². The summed E-state index contributed by atoms with van der Waals surface area (Å²) in [6.07, 6.45) is 0. The third kappa shape index (κ3) is 3.47. The van der Waals surface area contributed by atoms with E-state index >= 15 is 0 Å². The van der Waals surface area contributed by atoms with Crippen molar-refractivity contribution in [3.05, 3.63) is 29.6 Å². The molecule has 0 aliphatic carbocycles. The molecule has 0 bridgehead atoms. The summed E-state index contributed by atoms with van der Waals surface area (Å²) < 4.78 is 13.3. The predicted molar refractivity (Wildman–Crippen MR) is 80.5 cm³/mol. The minimum atomic E-state index is -1.36. The number of hydrogen-bond donors (Lipinski definition) is 2. The molecule has 2 N–H and O–H groups in total. The summed E-state index contributed by atoms with van der Waals surface area (Å²) in [7, 11) is 0. The van der Waals surface area contributed by atoms with Crippen LogP contribution in [-0.2, 0) is 0 Å². The van der Waals surface area contributed by atoms with Crippen molar-refractivity contribution in [3.8, 4) is 0 Å². The molecule has 2 unspecified atom stereocenters. The summed E-state index contributed by atoms with van der Waals surface area (Å²) in [5, 5.41) is 11.9. The highest BCUT2D eigenvalue weighted by molar-refractivity contribution is 8.00. The SMILES string of the molecule is CC1SCCN(C(=O)Nc2ccc(F)c(C(=O)O)c2)C1C. The van der Waals surface area contributed by atoms with Crippen LogP contribution in [0, 0.1) is 5.82 Å². The Labute approximate surface area is 126 Å². The van der Waals surface area contributed by atoms with Crippen molar-refractivity contribution in [2.24, 2.45) is 0 Å². The number of carbonyl (C=O) groups excluding carboxylic acids is 1. The van der Waals surface area contributed by atoms with Gasteiger partial charge in [-0.3, -0.25) is 0 Å². The average molecular weight is 312 g/mol. The minimum absolute atomic E-state index is 0.0862. The van der Waals surface area contributed by atoms with E-state index in [1.165, 1.54) is 6.07 Å². The molecule has 1 fully saturated rings. The first-order chi connectivity index (χ1) is 9.90. The third-order valence-corrected chi connectivity index (χ3v) is 4.93. The van der Waals surface area contributed by atoms with E-state index in [0.29, 0.717) is 11.8 Å². The summed E-state index contributed by atoms with van der Waals surface area (Å²) in [6.45, 7) is 4.67. The molecule has 2 amide bonds. The Morgan fingerprint density at radius 1 is 1.43 bits per heavy atom. The average Bonchev–Trinajstić information content (AvgIpc) is 2.43. The fourth-order valence-electron chi connectivity index (χ4n) is 2.18. The van der Waals surface area contributed by atoms with Gasteiger partial charge in [-0.05, 0) is 25.1 Å². The molecule has 0 spiro atoms. The van der Waals surface area contributed by atoms with E-state index in [0.717, 1.165) is 17.9 Å². The molecule has 0 aromatic heterocycles. The van der Waals surface area contributed by atoms with Gasteiger partial charge in [-0.15, -0.1) is 0 Å². The zero-order valence-corrected chi connectivity index (χ0v) is 12.6. The molecule has 5 nitrogen and oxygen atoms in total. The highest BCUT2D eigenvalue weighted by Crippen LogP contribution is 2.25. The number of hydrogen-bond acceptors (Lipinski definition) is 3. The molecular weight excluding hydrogens is 295 g/mol. The van der Waals surface area contributed by atoms with Crippen LogP contribution in [0.4, 0.5) is 14.9 Å². The van der Waals surface area contributed by atoms with Gasteiger partial charge < -0.3 is 15.3 Å². The van der Waals surface area contributed by atoms with E-state index in [2.05, 4.69) is 12.2 Å². The number of amides is 2. The maximum Gasteiger partial charge on any atom is 0.338 e. The lowest BCUT2D eigenvalue weighted by Gasteiger charge is -2.37. The van der Waals surface area contributed by atoms with Crippen molar-refractivity contribution >= 4 is 29.4 Å². The molecule has 1 aromatic rings. The van der Waals surface area contributed by atoms with Crippen molar-refractivity contribution in [3.63, 3.8) is 0 Å². The van der Waals surface area contributed by atoms with Crippen molar-refractivity contribution in [2.75, 3.05) is 17.6 Å². The summed E-state index contributed by atoms with van der Waals surface area (Å²) in [6, 6.07) is 3.31. The second kappa shape index (κ2) is 6.34.